The number of amides is 2. The molecule has 9 nitrogen and oxygen atoms in total. The number of imide groups is 1. The molecule has 1 aliphatic heterocycles. The van der Waals surface area contributed by atoms with Gasteiger partial charge in [-0.05, 0) is 53.2 Å². The number of aromatic nitrogens is 1. The highest BCUT2D eigenvalue weighted by atomic mass is 35.5. The lowest BCUT2D eigenvalue weighted by molar-refractivity contribution is -0.385. The molecule has 0 spiro atoms. The normalized spacial score (nSPS) is 14.5. The van der Waals surface area contributed by atoms with Crippen LogP contribution in [0.1, 0.15) is 11.1 Å². The Morgan fingerprint density at radius 1 is 1.17 bits per heavy atom. The van der Waals surface area contributed by atoms with Gasteiger partial charge < -0.3 is 9.47 Å². The molecule has 178 valence electrons. The molecule has 12 heteroatoms. The zero-order valence-corrected chi connectivity index (χ0v) is 19.5. The van der Waals surface area contributed by atoms with Crippen molar-refractivity contribution in [3.8, 4) is 17.4 Å². The van der Waals surface area contributed by atoms with E-state index < -0.39 is 21.9 Å². The Kier molecular flexibility index (Phi) is 6.99. The third-order valence-electron chi connectivity index (χ3n) is 4.85. The van der Waals surface area contributed by atoms with Crippen molar-refractivity contribution in [2.75, 3.05) is 7.11 Å². The minimum atomic E-state index is -0.567. The van der Waals surface area contributed by atoms with E-state index in [4.69, 9.17) is 21.1 Å². The van der Waals surface area contributed by atoms with Gasteiger partial charge in [0.05, 0.1) is 23.5 Å². The van der Waals surface area contributed by atoms with Crippen LogP contribution < -0.4 is 9.47 Å². The summed E-state index contributed by atoms with van der Waals surface area (Å²) in [4.78, 5) is 40.6. The van der Waals surface area contributed by atoms with Gasteiger partial charge in [0.1, 0.15) is 12.0 Å². The molecule has 0 radical (unpaired) electrons. The minimum absolute atomic E-state index is 0.0839. The van der Waals surface area contributed by atoms with Gasteiger partial charge in [0.15, 0.2) is 11.5 Å². The predicted molar refractivity (Wildman–Crippen MR) is 127 cm³/mol. The van der Waals surface area contributed by atoms with E-state index in [0.717, 1.165) is 28.9 Å². The first-order chi connectivity index (χ1) is 16.7. The maximum Gasteiger partial charge on any atom is 0.293 e. The standard InChI is InChI=1S/C23H15ClFN3O6S/c1-33-19-8-13(2-6-18(19)34-21-7-5-16(11-26-21)28(31)32)9-20-22(29)27(23(30)35-20)12-14-3-4-15(25)10-17(14)24/h2-11H,12H2,1H3. The Morgan fingerprint density at radius 2 is 1.97 bits per heavy atom. The number of carbonyl (C=O) groups excluding carboxylic acids is 2. The van der Waals surface area contributed by atoms with Crippen molar-refractivity contribution in [2.24, 2.45) is 0 Å². The zero-order valence-electron chi connectivity index (χ0n) is 17.9. The number of hydrogen-bond donors (Lipinski definition) is 0. The summed E-state index contributed by atoms with van der Waals surface area (Å²) in [7, 11) is 1.43. The Morgan fingerprint density at radius 3 is 2.63 bits per heavy atom. The summed E-state index contributed by atoms with van der Waals surface area (Å²) in [6.45, 7) is -0.0839. The highest BCUT2D eigenvalue weighted by Crippen LogP contribution is 2.37. The summed E-state index contributed by atoms with van der Waals surface area (Å²) in [5, 5.41) is 10.4. The second kappa shape index (κ2) is 10.1. The van der Waals surface area contributed by atoms with Crippen molar-refractivity contribution >= 4 is 46.3 Å². The number of nitro groups is 1. The third kappa shape index (κ3) is 5.42. The Balaban J connectivity index is 1.52. The second-order valence-electron chi connectivity index (χ2n) is 7.13. The molecule has 0 saturated carbocycles. The molecule has 0 aliphatic carbocycles. The fourth-order valence-corrected chi connectivity index (χ4v) is 4.19. The molecule has 1 saturated heterocycles. The quantitative estimate of drug-likeness (QED) is 0.220. The fraction of sp³-hybridized carbons (Fsp3) is 0.0870. The van der Waals surface area contributed by atoms with E-state index in [9.17, 15) is 24.1 Å². The molecule has 0 atom stereocenters. The first kappa shape index (κ1) is 24.2. The minimum Gasteiger partial charge on any atom is -0.493 e. The number of methoxy groups -OCH3 is 1. The molecule has 4 rings (SSSR count). The molecule has 2 amide bonds. The van der Waals surface area contributed by atoms with E-state index in [1.54, 1.807) is 18.2 Å². The van der Waals surface area contributed by atoms with Gasteiger partial charge in [-0.3, -0.25) is 24.6 Å². The van der Waals surface area contributed by atoms with Gasteiger partial charge in [0.2, 0.25) is 5.88 Å². The van der Waals surface area contributed by atoms with Crippen molar-refractivity contribution in [3.05, 3.63) is 91.7 Å². The van der Waals surface area contributed by atoms with Crippen LogP contribution in [-0.2, 0) is 11.3 Å². The van der Waals surface area contributed by atoms with Crippen molar-refractivity contribution in [2.45, 2.75) is 6.54 Å². The second-order valence-corrected chi connectivity index (χ2v) is 8.53. The van der Waals surface area contributed by atoms with Crippen LogP contribution in [0.4, 0.5) is 14.9 Å². The molecule has 1 aromatic heterocycles. The predicted octanol–water partition coefficient (Wildman–Crippen LogP) is 5.82. The number of hydrogen-bond acceptors (Lipinski definition) is 8. The maximum atomic E-state index is 13.3. The molecule has 1 aliphatic rings. The zero-order chi connectivity index (χ0) is 25.1. The molecule has 2 heterocycles. The SMILES string of the molecule is COc1cc(C=C2SC(=O)N(Cc3ccc(F)cc3Cl)C2=O)ccc1Oc1ccc([N+](=O)[O-])cn1. The molecule has 1 fully saturated rings. The molecule has 2 aromatic carbocycles. The molecule has 0 N–H and O–H groups in total. The summed E-state index contributed by atoms with van der Waals surface area (Å²) in [6.07, 6.45) is 2.61. The molecular weight excluding hydrogens is 501 g/mol. The number of thioether (sulfide) groups is 1. The first-order valence-electron chi connectivity index (χ1n) is 9.91. The first-order valence-corrected chi connectivity index (χ1v) is 11.1. The van der Waals surface area contributed by atoms with Crippen LogP contribution in [0.25, 0.3) is 6.08 Å². The number of pyridine rings is 1. The van der Waals surface area contributed by atoms with Crippen LogP contribution >= 0.6 is 23.4 Å². The Labute approximate surface area is 207 Å². The largest absolute Gasteiger partial charge is 0.493 e. The molecule has 0 bridgehead atoms. The van der Waals surface area contributed by atoms with Crippen molar-refractivity contribution < 1.29 is 28.4 Å². The van der Waals surface area contributed by atoms with Gasteiger partial charge >= 0.3 is 0 Å². The summed E-state index contributed by atoms with van der Waals surface area (Å²) < 4.78 is 24.3. The molecule has 3 aromatic rings. The molecule has 35 heavy (non-hydrogen) atoms. The van der Waals surface area contributed by atoms with Crippen LogP contribution in [0.3, 0.4) is 0 Å². The van der Waals surface area contributed by atoms with Gasteiger partial charge in [-0.25, -0.2) is 9.37 Å². The van der Waals surface area contributed by atoms with Gasteiger partial charge in [-0.2, -0.15) is 0 Å². The summed E-state index contributed by atoms with van der Waals surface area (Å²) in [6, 6.07) is 11.2. The Hall–Kier alpha value is -3.96. The average molecular weight is 516 g/mol. The van der Waals surface area contributed by atoms with Gasteiger partial charge in [-0.1, -0.05) is 23.7 Å². The van der Waals surface area contributed by atoms with Crippen LogP contribution in [0, 0.1) is 15.9 Å². The van der Waals surface area contributed by atoms with Gasteiger partial charge in [0.25, 0.3) is 16.8 Å². The maximum absolute atomic E-state index is 13.3. The van der Waals surface area contributed by atoms with Crippen molar-refractivity contribution in [1.82, 2.24) is 9.88 Å². The average Bonchev–Trinajstić information content (AvgIpc) is 3.09. The summed E-state index contributed by atoms with van der Waals surface area (Å²) in [5.41, 5.74) is 0.839. The Bertz CT molecular complexity index is 1370. The lowest BCUT2D eigenvalue weighted by Crippen LogP contribution is -2.27. The van der Waals surface area contributed by atoms with E-state index in [1.807, 2.05) is 0 Å². The molecule has 0 unspecified atom stereocenters. The fourth-order valence-electron chi connectivity index (χ4n) is 3.12. The summed E-state index contributed by atoms with van der Waals surface area (Å²) >= 11 is 6.80. The van der Waals surface area contributed by atoms with Crippen molar-refractivity contribution in [1.29, 1.82) is 0 Å². The lowest BCUT2D eigenvalue weighted by atomic mass is 10.1. The number of halogens is 2. The lowest BCUT2D eigenvalue weighted by Gasteiger charge is -2.13. The van der Waals surface area contributed by atoms with E-state index in [1.165, 1.54) is 37.5 Å². The van der Waals surface area contributed by atoms with Gasteiger partial charge in [0, 0.05) is 17.2 Å². The summed E-state index contributed by atoms with van der Waals surface area (Å²) in [5.74, 6) is -0.281. The van der Waals surface area contributed by atoms with Crippen LogP contribution in [0.15, 0.2) is 59.6 Å². The highest BCUT2D eigenvalue weighted by Gasteiger charge is 2.35. The van der Waals surface area contributed by atoms with E-state index in [-0.39, 0.29) is 28.0 Å². The monoisotopic (exact) mass is 515 g/mol. The molecular formula is C23H15ClFN3O6S. The number of benzene rings is 2. The van der Waals surface area contributed by atoms with Crippen molar-refractivity contribution in [3.63, 3.8) is 0 Å². The van der Waals surface area contributed by atoms with Gasteiger partial charge in [-0.15, -0.1) is 0 Å². The van der Waals surface area contributed by atoms with E-state index in [2.05, 4.69) is 4.98 Å². The van der Waals surface area contributed by atoms with E-state index >= 15 is 0 Å². The van der Waals surface area contributed by atoms with Crippen LogP contribution in [0.2, 0.25) is 5.02 Å². The topological polar surface area (TPSA) is 112 Å². The van der Waals surface area contributed by atoms with Crippen LogP contribution in [-0.4, -0.2) is 33.1 Å². The number of ether oxygens (including phenoxy) is 2. The number of rotatable bonds is 7. The van der Waals surface area contributed by atoms with Crippen LogP contribution in [0.5, 0.6) is 17.4 Å². The highest BCUT2D eigenvalue weighted by molar-refractivity contribution is 8.18. The smallest absolute Gasteiger partial charge is 0.293 e. The number of carbonyl (C=O) groups is 2. The number of nitrogens with zero attached hydrogens (tertiary/aromatic N) is 3. The van der Waals surface area contributed by atoms with E-state index in [0.29, 0.717) is 22.6 Å². The third-order valence-corrected chi connectivity index (χ3v) is 6.11.